The second-order valence-corrected chi connectivity index (χ2v) is 5.79. The molecular weight excluding hydrogens is 260 g/mol. The molecule has 0 bridgehead atoms. The Kier molecular flexibility index (Phi) is 4.83. The van der Waals surface area contributed by atoms with E-state index in [1.807, 2.05) is 6.07 Å². The summed E-state index contributed by atoms with van der Waals surface area (Å²) in [5, 5.41) is 4.13. The van der Waals surface area contributed by atoms with Crippen LogP contribution in [0.4, 0.5) is 0 Å². The van der Waals surface area contributed by atoms with Crippen LogP contribution in [0.3, 0.4) is 0 Å². The van der Waals surface area contributed by atoms with Gasteiger partial charge in [0.15, 0.2) is 0 Å². The Morgan fingerprint density at radius 1 is 1.47 bits per heavy atom. The van der Waals surface area contributed by atoms with Gasteiger partial charge < -0.3 is 11.1 Å². The molecule has 1 aliphatic carbocycles. The Morgan fingerprint density at radius 2 is 2.16 bits per heavy atom. The minimum absolute atomic E-state index is 0.444. The predicted octanol–water partition coefficient (Wildman–Crippen LogP) is 3.11. The van der Waals surface area contributed by atoms with Crippen LogP contribution in [0.25, 0.3) is 0 Å². The lowest BCUT2D eigenvalue weighted by atomic mass is 9.99. The van der Waals surface area contributed by atoms with Crippen LogP contribution in [0, 0.1) is 5.92 Å². The van der Waals surface area contributed by atoms with Gasteiger partial charge in [0.25, 0.3) is 0 Å². The van der Waals surface area contributed by atoms with Crippen LogP contribution in [0.1, 0.15) is 48.5 Å². The van der Waals surface area contributed by atoms with Crippen molar-refractivity contribution in [2.45, 2.75) is 45.2 Å². The molecule has 3 N–H and O–H groups in total. The zero-order chi connectivity index (χ0) is 13.8. The van der Waals surface area contributed by atoms with Crippen molar-refractivity contribution in [2.75, 3.05) is 0 Å². The summed E-state index contributed by atoms with van der Waals surface area (Å²) in [6, 6.07) is 5.75. The van der Waals surface area contributed by atoms with Crippen molar-refractivity contribution >= 4 is 17.5 Å². The SMILES string of the molecule is CC(NCc1ccc(C(N)=O)cc1Cl)C1CCCC1. The minimum atomic E-state index is -0.444. The van der Waals surface area contributed by atoms with Crippen LogP contribution in [0.2, 0.25) is 5.02 Å². The fraction of sp³-hybridized carbons (Fsp3) is 0.533. The molecule has 0 aromatic heterocycles. The number of hydrogen-bond donors (Lipinski definition) is 2. The highest BCUT2D eigenvalue weighted by molar-refractivity contribution is 6.31. The molecule has 104 valence electrons. The van der Waals surface area contributed by atoms with E-state index in [0.29, 0.717) is 16.6 Å². The van der Waals surface area contributed by atoms with E-state index in [1.165, 1.54) is 25.7 Å². The number of halogens is 1. The topological polar surface area (TPSA) is 55.1 Å². The van der Waals surface area contributed by atoms with E-state index >= 15 is 0 Å². The van der Waals surface area contributed by atoms with Crippen molar-refractivity contribution < 1.29 is 4.79 Å². The third kappa shape index (κ3) is 3.71. The van der Waals surface area contributed by atoms with E-state index in [1.54, 1.807) is 12.1 Å². The molecule has 0 saturated heterocycles. The summed E-state index contributed by atoms with van der Waals surface area (Å²) in [6.07, 6.45) is 5.35. The second kappa shape index (κ2) is 6.40. The lowest BCUT2D eigenvalue weighted by molar-refractivity contribution is 0.100. The van der Waals surface area contributed by atoms with E-state index < -0.39 is 5.91 Å². The molecule has 0 radical (unpaired) electrons. The molecular formula is C15H21ClN2O. The lowest BCUT2D eigenvalue weighted by Gasteiger charge is -2.20. The van der Waals surface area contributed by atoms with Gasteiger partial charge in [0.1, 0.15) is 0 Å². The van der Waals surface area contributed by atoms with Crippen molar-refractivity contribution in [1.82, 2.24) is 5.32 Å². The van der Waals surface area contributed by atoms with E-state index in [4.69, 9.17) is 17.3 Å². The summed E-state index contributed by atoms with van der Waals surface area (Å²) < 4.78 is 0. The van der Waals surface area contributed by atoms with E-state index in [0.717, 1.165) is 18.0 Å². The summed E-state index contributed by atoms with van der Waals surface area (Å²) in [6.45, 7) is 2.97. The molecule has 1 unspecified atom stereocenters. The summed E-state index contributed by atoms with van der Waals surface area (Å²) in [5.74, 6) is 0.337. The van der Waals surface area contributed by atoms with E-state index in [9.17, 15) is 4.79 Å². The van der Waals surface area contributed by atoms with Gasteiger partial charge in [0.2, 0.25) is 5.91 Å². The highest BCUT2D eigenvalue weighted by Gasteiger charge is 2.21. The molecule has 1 atom stereocenters. The van der Waals surface area contributed by atoms with Crippen molar-refractivity contribution in [1.29, 1.82) is 0 Å². The number of nitrogens with one attached hydrogen (secondary N) is 1. The van der Waals surface area contributed by atoms with Gasteiger partial charge in [0.05, 0.1) is 0 Å². The Balaban J connectivity index is 1.93. The van der Waals surface area contributed by atoms with Crippen LogP contribution in [0.15, 0.2) is 18.2 Å². The van der Waals surface area contributed by atoms with Crippen LogP contribution in [-0.2, 0) is 6.54 Å². The maximum atomic E-state index is 11.1. The Bertz CT molecular complexity index is 455. The highest BCUT2D eigenvalue weighted by atomic mass is 35.5. The summed E-state index contributed by atoms with van der Waals surface area (Å²) >= 11 is 6.17. The number of hydrogen-bond acceptors (Lipinski definition) is 2. The number of amides is 1. The van der Waals surface area contributed by atoms with E-state index in [-0.39, 0.29) is 0 Å². The van der Waals surface area contributed by atoms with Gasteiger partial charge >= 0.3 is 0 Å². The van der Waals surface area contributed by atoms with Crippen molar-refractivity contribution in [2.24, 2.45) is 11.7 Å². The van der Waals surface area contributed by atoms with Crippen molar-refractivity contribution in [3.05, 3.63) is 34.3 Å². The molecule has 0 heterocycles. The van der Waals surface area contributed by atoms with Crippen LogP contribution in [0.5, 0.6) is 0 Å². The Hall–Kier alpha value is -1.06. The molecule has 1 amide bonds. The molecule has 4 heteroatoms. The van der Waals surface area contributed by atoms with Crippen molar-refractivity contribution in [3.63, 3.8) is 0 Å². The maximum Gasteiger partial charge on any atom is 0.248 e. The average Bonchev–Trinajstić information content (AvgIpc) is 2.90. The smallest absolute Gasteiger partial charge is 0.248 e. The summed E-state index contributed by atoms with van der Waals surface area (Å²) in [5.41, 5.74) is 6.69. The van der Waals surface area contributed by atoms with Crippen LogP contribution >= 0.6 is 11.6 Å². The van der Waals surface area contributed by atoms with E-state index in [2.05, 4.69) is 12.2 Å². The van der Waals surface area contributed by atoms with Gasteiger partial charge in [-0.3, -0.25) is 4.79 Å². The second-order valence-electron chi connectivity index (χ2n) is 5.38. The van der Waals surface area contributed by atoms with Gasteiger partial charge in [-0.25, -0.2) is 0 Å². The largest absolute Gasteiger partial charge is 0.366 e. The van der Waals surface area contributed by atoms with Gasteiger partial charge in [-0.15, -0.1) is 0 Å². The molecule has 0 aliphatic heterocycles. The third-order valence-electron chi connectivity index (χ3n) is 4.06. The fourth-order valence-corrected chi connectivity index (χ4v) is 2.99. The standard InChI is InChI=1S/C15H21ClN2O/c1-10(11-4-2-3-5-11)18-9-13-7-6-12(15(17)19)8-14(13)16/h6-8,10-11,18H,2-5,9H2,1H3,(H2,17,19). The molecule has 1 aliphatic rings. The first-order chi connectivity index (χ1) is 9.08. The minimum Gasteiger partial charge on any atom is -0.366 e. The molecule has 0 spiro atoms. The van der Waals surface area contributed by atoms with Gasteiger partial charge in [0, 0.05) is 23.2 Å². The first-order valence-electron chi connectivity index (χ1n) is 6.89. The normalized spacial score (nSPS) is 17.6. The summed E-state index contributed by atoms with van der Waals surface area (Å²) in [7, 11) is 0. The number of nitrogens with two attached hydrogens (primary N) is 1. The zero-order valence-electron chi connectivity index (χ0n) is 11.3. The number of benzene rings is 1. The predicted molar refractivity (Wildman–Crippen MR) is 78.2 cm³/mol. The first-order valence-corrected chi connectivity index (χ1v) is 7.27. The first kappa shape index (κ1) is 14.4. The molecule has 3 nitrogen and oxygen atoms in total. The molecule has 1 aromatic carbocycles. The quantitative estimate of drug-likeness (QED) is 0.871. The van der Waals surface area contributed by atoms with Crippen molar-refractivity contribution in [3.8, 4) is 0 Å². The molecule has 1 saturated carbocycles. The number of carbonyl (C=O) groups is 1. The van der Waals surface area contributed by atoms with Crippen LogP contribution < -0.4 is 11.1 Å². The van der Waals surface area contributed by atoms with Crippen LogP contribution in [-0.4, -0.2) is 11.9 Å². The molecule has 19 heavy (non-hydrogen) atoms. The molecule has 1 fully saturated rings. The van der Waals surface area contributed by atoms with Gasteiger partial charge in [-0.2, -0.15) is 0 Å². The monoisotopic (exact) mass is 280 g/mol. The number of primary amides is 1. The third-order valence-corrected chi connectivity index (χ3v) is 4.41. The average molecular weight is 281 g/mol. The lowest BCUT2D eigenvalue weighted by Crippen LogP contribution is -2.31. The zero-order valence-corrected chi connectivity index (χ0v) is 12.0. The molecule has 1 aromatic rings. The number of rotatable bonds is 5. The van der Waals surface area contributed by atoms with Gasteiger partial charge in [-0.05, 0) is 43.4 Å². The molecule has 2 rings (SSSR count). The van der Waals surface area contributed by atoms with Gasteiger partial charge in [-0.1, -0.05) is 30.5 Å². The Morgan fingerprint density at radius 3 is 2.74 bits per heavy atom. The highest BCUT2D eigenvalue weighted by Crippen LogP contribution is 2.28. The summed E-state index contributed by atoms with van der Waals surface area (Å²) in [4.78, 5) is 11.1. The maximum absolute atomic E-state index is 11.1. The Labute approximate surface area is 119 Å². The fourth-order valence-electron chi connectivity index (χ4n) is 2.74. The number of carbonyl (C=O) groups excluding carboxylic acids is 1.